The zero-order valence-corrected chi connectivity index (χ0v) is 12.0. The molecule has 110 valence electrons. The molecule has 4 atom stereocenters. The Hall–Kier alpha value is -0.800. The predicted molar refractivity (Wildman–Crippen MR) is 74.7 cm³/mol. The normalized spacial score (nSPS) is 34.2. The van der Waals surface area contributed by atoms with E-state index in [0.29, 0.717) is 0 Å². The molecule has 1 rings (SSSR count). The van der Waals surface area contributed by atoms with Gasteiger partial charge in [0.2, 0.25) is 0 Å². The van der Waals surface area contributed by atoms with Gasteiger partial charge in [-0.25, -0.2) is 0 Å². The van der Waals surface area contributed by atoms with Crippen molar-refractivity contribution < 1.29 is 20.4 Å². The van der Waals surface area contributed by atoms with Crippen LogP contribution in [-0.4, -0.2) is 61.2 Å². The van der Waals surface area contributed by atoms with Gasteiger partial charge in [0.1, 0.15) is 12.2 Å². The summed E-state index contributed by atoms with van der Waals surface area (Å²) in [6.45, 7) is 5.75. The molecule has 0 aromatic carbocycles. The molecule has 0 aliphatic heterocycles. The number of hydrogen-bond acceptors (Lipinski definition) is 6. The van der Waals surface area contributed by atoms with Crippen LogP contribution >= 0.6 is 12.2 Å². The second-order valence-corrected chi connectivity index (χ2v) is 6.02. The molecule has 0 aromatic rings. The number of hydrazone groups is 1. The lowest BCUT2D eigenvalue weighted by molar-refractivity contribution is -0.0652. The van der Waals surface area contributed by atoms with Crippen LogP contribution in [0.5, 0.6) is 0 Å². The number of rotatable bonds is 1. The minimum atomic E-state index is -1.43. The minimum Gasteiger partial charge on any atom is -0.390 e. The van der Waals surface area contributed by atoms with Crippen molar-refractivity contribution in [3.8, 4) is 0 Å². The van der Waals surface area contributed by atoms with E-state index in [1.807, 2.05) is 20.8 Å². The van der Waals surface area contributed by atoms with Crippen LogP contribution in [0.25, 0.3) is 0 Å². The number of hydrogen-bond donors (Lipinski definition) is 6. The molecule has 7 nitrogen and oxygen atoms in total. The van der Waals surface area contributed by atoms with Crippen molar-refractivity contribution in [3.05, 3.63) is 0 Å². The third kappa shape index (κ3) is 4.66. The van der Waals surface area contributed by atoms with Gasteiger partial charge in [-0.3, -0.25) is 5.43 Å². The summed E-state index contributed by atoms with van der Waals surface area (Å²) in [5.41, 5.74) is 2.21. The Labute approximate surface area is 117 Å². The van der Waals surface area contributed by atoms with E-state index in [0.717, 1.165) is 0 Å². The molecule has 6 N–H and O–H groups in total. The third-order valence-electron chi connectivity index (χ3n) is 2.60. The molecular weight excluding hydrogens is 270 g/mol. The fraction of sp³-hybridized carbons (Fsp3) is 0.818. The molecule has 1 aliphatic carbocycles. The summed E-state index contributed by atoms with van der Waals surface area (Å²) in [4.78, 5) is 0. The van der Waals surface area contributed by atoms with Crippen molar-refractivity contribution in [2.24, 2.45) is 5.10 Å². The van der Waals surface area contributed by atoms with E-state index in [1.54, 1.807) is 0 Å². The maximum Gasteiger partial charge on any atom is 0.187 e. The Morgan fingerprint density at radius 3 is 2.37 bits per heavy atom. The monoisotopic (exact) mass is 291 g/mol. The Morgan fingerprint density at radius 1 is 1.26 bits per heavy atom. The highest BCUT2D eigenvalue weighted by Crippen LogP contribution is 2.18. The van der Waals surface area contributed by atoms with Gasteiger partial charge in [0.15, 0.2) is 5.11 Å². The average molecular weight is 291 g/mol. The summed E-state index contributed by atoms with van der Waals surface area (Å²) in [6, 6.07) is 0. The van der Waals surface area contributed by atoms with E-state index >= 15 is 0 Å². The SMILES string of the molecule is CC(C)(C)NC(=S)N/N=C1/[C@H](O)C[C@H](O)[C@H](O)[C@@H]1O. The number of aliphatic hydroxyl groups is 4. The topological polar surface area (TPSA) is 117 Å². The van der Waals surface area contributed by atoms with Crippen molar-refractivity contribution in [2.45, 2.75) is 57.1 Å². The number of nitrogens with zero attached hydrogens (tertiary/aromatic N) is 1. The zero-order chi connectivity index (χ0) is 14.8. The van der Waals surface area contributed by atoms with Gasteiger partial charge in [-0.2, -0.15) is 5.10 Å². The molecule has 0 aromatic heterocycles. The Balaban J connectivity index is 2.68. The van der Waals surface area contributed by atoms with Crippen LogP contribution in [0.4, 0.5) is 0 Å². The van der Waals surface area contributed by atoms with Crippen LogP contribution in [0.1, 0.15) is 27.2 Å². The fourth-order valence-corrected chi connectivity index (χ4v) is 2.05. The van der Waals surface area contributed by atoms with Crippen molar-refractivity contribution in [1.29, 1.82) is 0 Å². The van der Waals surface area contributed by atoms with E-state index in [4.69, 9.17) is 12.2 Å². The molecule has 0 amide bonds. The molecule has 1 aliphatic rings. The van der Waals surface area contributed by atoms with Gasteiger partial charge in [0.25, 0.3) is 0 Å². The smallest absolute Gasteiger partial charge is 0.187 e. The Morgan fingerprint density at radius 2 is 1.84 bits per heavy atom. The van der Waals surface area contributed by atoms with Crippen molar-refractivity contribution in [2.75, 3.05) is 0 Å². The summed E-state index contributed by atoms with van der Waals surface area (Å²) in [7, 11) is 0. The molecule has 0 saturated heterocycles. The van der Waals surface area contributed by atoms with Crippen molar-refractivity contribution in [1.82, 2.24) is 10.7 Å². The van der Waals surface area contributed by atoms with E-state index in [9.17, 15) is 20.4 Å². The summed E-state index contributed by atoms with van der Waals surface area (Å²) in [6.07, 6.45) is -5.18. The molecule has 1 fully saturated rings. The first-order valence-electron chi connectivity index (χ1n) is 5.99. The second-order valence-electron chi connectivity index (χ2n) is 5.61. The lowest BCUT2D eigenvalue weighted by Crippen LogP contribution is -2.54. The largest absolute Gasteiger partial charge is 0.390 e. The van der Waals surface area contributed by atoms with Gasteiger partial charge in [0, 0.05) is 12.0 Å². The highest BCUT2D eigenvalue weighted by atomic mass is 32.1. The number of aliphatic hydroxyl groups excluding tert-OH is 4. The van der Waals surface area contributed by atoms with Gasteiger partial charge < -0.3 is 25.7 Å². The first-order chi connectivity index (χ1) is 8.61. The number of thiocarbonyl (C=S) groups is 1. The first-order valence-corrected chi connectivity index (χ1v) is 6.40. The molecule has 8 heteroatoms. The summed E-state index contributed by atoms with van der Waals surface area (Å²) in [5, 5.41) is 45.3. The molecule has 0 heterocycles. The van der Waals surface area contributed by atoms with Gasteiger partial charge in [-0.15, -0.1) is 0 Å². The summed E-state index contributed by atoms with van der Waals surface area (Å²) < 4.78 is 0. The van der Waals surface area contributed by atoms with Gasteiger partial charge in [0.05, 0.1) is 17.9 Å². The molecule has 1 saturated carbocycles. The third-order valence-corrected chi connectivity index (χ3v) is 2.80. The Kier molecular flexibility index (Phi) is 5.22. The van der Waals surface area contributed by atoms with Gasteiger partial charge in [-0.1, -0.05) is 0 Å². The minimum absolute atomic E-state index is 0.0455. The van der Waals surface area contributed by atoms with Crippen LogP contribution < -0.4 is 10.7 Å². The highest BCUT2D eigenvalue weighted by Gasteiger charge is 2.39. The molecule has 0 radical (unpaired) electrons. The fourth-order valence-electron chi connectivity index (χ4n) is 1.70. The van der Waals surface area contributed by atoms with Crippen LogP contribution in [0.3, 0.4) is 0 Å². The van der Waals surface area contributed by atoms with E-state index < -0.39 is 24.4 Å². The average Bonchev–Trinajstić information content (AvgIpc) is 2.23. The van der Waals surface area contributed by atoms with Crippen LogP contribution in [-0.2, 0) is 0 Å². The Bertz CT molecular complexity index is 369. The molecule has 0 bridgehead atoms. The van der Waals surface area contributed by atoms with Crippen molar-refractivity contribution >= 4 is 23.0 Å². The lowest BCUT2D eigenvalue weighted by Gasteiger charge is -2.32. The standard InChI is InChI=1S/C11H21N3O4S/c1-11(2,3)12-10(19)14-13-7-5(15)4-6(16)8(17)9(7)18/h5-6,8-9,15-18H,4H2,1-3H3,(H2,12,14,19)/b13-7-/t5-,6+,8+,9-/m1/s1. The zero-order valence-electron chi connectivity index (χ0n) is 11.2. The van der Waals surface area contributed by atoms with E-state index in [1.165, 1.54) is 0 Å². The lowest BCUT2D eigenvalue weighted by atomic mass is 9.88. The summed E-state index contributed by atoms with van der Waals surface area (Å²) in [5.74, 6) is 0. The van der Waals surface area contributed by atoms with Gasteiger partial charge in [-0.05, 0) is 33.0 Å². The van der Waals surface area contributed by atoms with Crippen molar-refractivity contribution in [3.63, 3.8) is 0 Å². The highest BCUT2D eigenvalue weighted by molar-refractivity contribution is 7.80. The van der Waals surface area contributed by atoms with Crippen LogP contribution in [0, 0.1) is 0 Å². The summed E-state index contributed by atoms with van der Waals surface area (Å²) >= 11 is 5.00. The van der Waals surface area contributed by atoms with Gasteiger partial charge >= 0.3 is 0 Å². The van der Waals surface area contributed by atoms with E-state index in [-0.39, 0.29) is 22.8 Å². The molecular formula is C11H21N3O4S. The molecule has 0 unspecified atom stereocenters. The predicted octanol–water partition coefficient (Wildman–Crippen LogP) is -1.55. The molecule has 0 spiro atoms. The quantitative estimate of drug-likeness (QED) is 0.256. The van der Waals surface area contributed by atoms with Crippen LogP contribution in [0.2, 0.25) is 0 Å². The maximum absolute atomic E-state index is 9.72. The number of nitrogens with one attached hydrogen (secondary N) is 2. The first kappa shape index (κ1) is 16.3. The van der Waals surface area contributed by atoms with E-state index in [2.05, 4.69) is 15.8 Å². The van der Waals surface area contributed by atoms with Crippen LogP contribution in [0.15, 0.2) is 5.10 Å². The maximum atomic E-state index is 9.72. The molecule has 19 heavy (non-hydrogen) atoms. The second kappa shape index (κ2) is 6.10.